The van der Waals surface area contributed by atoms with Crippen molar-refractivity contribution in [3.63, 3.8) is 0 Å². The SMILES string of the molecule is O=C(O)CCN1CCNC1=O. The highest BCUT2D eigenvalue weighted by molar-refractivity contribution is 5.77. The van der Waals surface area contributed by atoms with Gasteiger partial charge in [0, 0.05) is 19.6 Å². The van der Waals surface area contributed by atoms with Gasteiger partial charge >= 0.3 is 12.0 Å². The molecule has 1 heterocycles. The Balaban J connectivity index is 2.26. The van der Waals surface area contributed by atoms with Crippen molar-refractivity contribution >= 4 is 12.0 Å². The van der Waals surface area contributed by atoms with Gasteiger partial charge in [-0.2, -0.15) is 0 Å². The van der Waals surface area contributed by atoms with Crippen LogP contribution in [-0.4, -0.2) is 41.6 Å². The molecule has 1 saturated heterocycles. The fraction of sp³-hybridized carbons (Fsp3) is 0.667. The maximum absolute atomic E-state index is 10.8. The Hall–Kier alpha value is -1.26. The fourth-order valence-corrected chi connectivity index (χ4v) is 0.955. The van der Waals surface area contributed by atoms with Gasteiger partial charge in [-0.25, -0.2) is 4.79 Å². The van der Waals surface area contributed by atoms with E-state index < -0.39 is 5.97 Å². The number of nitrogens with one attached hydrogen (secondary N) is 1. The van der Waals surface area contributed by atoms with Crippen molar-refractivity contribution in [2.75, 3.05) is 19.6 Å². The molecule has 1 fully saturated rings. The summed E-state index contributed by atoms with van der Waals surface area (Å²) in [6, 6.07) is -0.161. The van der Waals surface area contributed by atoms with Gasteiger partial charge in [0.15, 0.2) is 0 Å². The first-order valence-corrected chi connectivity index (χ1v) is 3.45. The van der Waals surface area contributed by atoms with E-state index >= 15 is 0 Å². The molecule has 0 aromatic carbocycles. The Bertz CT molecular complexity index is 181. The summed E-state index contributed by atoms with van der Waals surface area (Å²) in [6.07, 6.45) is 0.0212. The molecule has 0 spiro atoms. The monoisotopic (exact) mass is 158 g/mol. The molecule has 0 atom stereocenters. The van der Waals surface area contributed by atoms with E-state index in [2.05, 4.69) is 5.32 Å². The summed E-state index contributed by atoms with van der Waals surface area (Å²) < 4.78 is 0. The predicted octanol–water partition coefficient (Wildman–Crippen LogP) is -0.514. The zero-order valence-corrected chi connectivity index (χ0v) is 6.04. The van der Waals surface area contributed by atoms with E-state index in [9.17, 15) is 9.59 Å². The van der Waals surface area contributed by atoms with Crippen LogP contribution >= 0.6 is 0 Å². The first kappa shape index (κ1) is 7.84. The quantitative estimate of drug-likeness (QED) is 0.581. The number of urea groups is 1. The molecule has 11 heavy (non-hydrogen) atoms. The van der Waals surface area contributed by atoms with Gasteiger partial charge in [-0.15, -0.1) is 0 Å². The second kappa shape index (κ2) is 3.23. The zero-order chi connectivity index (χ0) is 8.27. The Morgan fingerprint density at radius 2 is 2.45 bits per heavy atom. The summed E-state index contributed by atoms with van der Waals surface area (Å²) in [5, 5.41) is 10.9. The Morgan fingerprint density at radius 1 is 1.73 bits per heavy atom. The van der Waals surface area contributed by atoms with Crippen LogP contribution in [0.2, 0.25) is 0 Å². The van der Waals surface area contributed by atoms with Crippen LogP contribution in [0, 0.1) is 0 Å². The van der Waals surface area contributed by atoms with Gasteiger partial charge in [-0.1, -0.05) is 0 Å². The Labute approximate surface area is 64.0 Å². The van der Waals surface area contributed by atoms with Crippen molar-refractivity contribution in [2.45, 2.75) is 6.42 Å². The lowest BCUT2D eigenvalue weighted by atomic mass is 10.4. The molecule has 0 radical (unpaired) electrons. The molecule has 1 aliphatic rings. The van der Waals surface area contributed by atoms with Crippen LogP contribution in [-0.2, 0) is 4.79 Å². The number of nitrogens with zero attached hydrogens (tertiary/aromatic N) is 1. The van der Waals surface area contributed by atoms with Crippen molar-refractivity contribution in [3.8, 4) is 0 Å². The molecule has 0 saturated carbocycles. The van der Waals surface area contributed by atoms with Crippen LogP contribution in [0.4, 0.5) is 4.79 Å². The average molecular weight is 158 g/mol. The lowest BCUT2D eigenvalue weighted by Crippen LogP contribution is -2.30. The van der Waals surface area contributed by atoms with E-state index in [0.29, 0.717) is 19.6 Å². The number of hydrogen-bond donors (Lipinski definition) is 2. The largest absolute Gasteiger partial charge is 0.481 e. The Kier molecular flexibility index (Phi) is 2.30. The summed E-state index contributed by atoms with van der Waals surface area (Å²) in [4.78, 5) is 22.4. The van der Waals surface area contributed by atoms with Gasteiger partial charge in [-0.3, -0.25) is 4.79 Å². The molecule has 5 nitrogen and oxygen atoms in total. The third-order valence-electron chi connectivity index (χ3n) is 1.54. The normalized spacial score (nSPS) is 16.7. The molecule has 0 bridgehead atoms. The van der Waals surface area contributed by atoms with Crippen LogP contribution in [0.5, 0.6) is 0 Å². The van der Waals surface area contributed by atoms with E-state index in [1.165, 1.54) is 4.90 Å². The van der Waals surface area contributed by atoms with Crippen LogP contribution in [0.1, 0.15) is 6.42 Å². The van der Waals surface area contributed by atoms with Gasteiger partial charge in [0.05, 0.1) is 6.42 Å². The molecular weight excluding hydrogens is 148 g/mol. The van der Waals surface area contributed by atoms with E-state index in [1.807, 2.05) is 0 Å². The molecule has 62 valence electrons. The number of aliphatic carboxylic acids is 1. The molecule has 1 rings (SSSR count). The molecule has 2 amide bonds. The summed E-state index contributed by atoms with van der Waals surface area (Å²) >= 11 is 0. The maximum Gasteiger partial charge on any atom is 0.317 e. The van der Waals surface area contributed by atoms with E-state index in [1.54, 1.807) is 0 Å². The Morgan fingerprint density at radius 3 is 2.91 bits per heavy atom. The fourth-order valence-electron chi connectivity index (χ4n) is 0.955. The molecular formula is C6H10N2O3. The second-order valence-corrected chi connectivity index (χ2v) is 2.36. The summed E-state index contributed by atoms with van der Waals surface area (Å²) in [5.41, 5.74) is 0. The molecule has 0 aliphatic carbocycles. The van der Waals surface area contributed by atoms with E-state index in [0.717, 1.165) is 0 Å². The first-order valence-electron chi connectivity index (χ1n) is 3.45. The minimum Gasteiger partial charge on any atom is -0.481 e. The van der Waals surface area contributed by atoms with Gasteiger partial charge in [0.1, 0.15) is 0 Å². The number of carboxylic acids is 1. The highest BCUT2D eigenvalue weighted by Crippen LogP contribution is 1.97. The van der Waals surface area contributed by atoms with Gasteiger partial charge < -0.3 is 15.3 Å². The molecule has 0 aromatic rings. The van der Waals surface area contributed by atoms with Crippen LogP contribution in [0.15, 0.2) is 0 Å². The van der Waals surface area contributed by atoms with Crippen LogP contribution < -0.4 is 5.32 Å². The lowest BCUT2D eigenvalue weighted by molar-refractivity contribution is -0.137. The standard InChI is InChI=1S/C6H10N2O3/c9-5(10)1-3-8-4-2-7-6(8)11/h1-4H2,(H,7,11)(H,9,10). The van der Waals surface area contributed by atoms with Gasteiger partial charge in [-0.05, 0) is 0 Å². The van der Waals surface area contributed by atoms with E-state index in [-0.39, 0.29) is 12.5 Å². The summed E-state index contributed by atoms with van der Waals surface area (Å²) in [5.74, 6) is -0.871. The third kappa shape index (κ3) is 2.10. The third-order valence-corrected chi connectivity index (χ3v) is 1.54. The van der Waals surface area contributed by atoms with Crippen molar-refractivity contribution in [2.24, 2.45) is 0 Å². The number of hydrogen-bond acceptors (Lipinski definition) is 2. The minimum absolute atomic E-state index is 0.0212. The molecule has 0 unspecified atom stereocenters. The van der Waals surface area contributed by atoms with Gasteiger partial charge in [0.2, 0.25) is 0 Å². The summed E-state index contributed by atoms with van der Waals surface area (Å²) in [7, 11) is 0. The first-order chi connectivity index (χ1) is 5.20. The van der Waals surface area contributed by atoms with Crippen molar-refractivity contribution in [1.29, 1.82) is 0 Å². The second-order valence-electron chi connectivity index (χ2n) is 2.36. The number of carboxylic acid groups (broad SMARTS) is 1. The highest BCUT2D eigenvalue weighted by Gasteiger charge is 2.19. The van der Waals surface area contributed by atoms with Crippen molar-refractivity contribution in [1.82, 2.24) is 10.2 Å². The number of carbonyl (C=O) groups is 2. The minimum atomic E-state index is -0.871. The predicted molar refractivity (Wildman–Crippen MR) is 37.2 cm³/mol. The molecule has 1 aliphatic heterocycles. The number of amides is 2. The smallest absolute Gasteiger partial charge is 0.317 e. The van der Waals surface area contributed by atoms with Crippen molar-refractivity contribution in [3.05, 3.63) is 0 Å². The van der Waals surface area contributed by atoms with Crippen LogP contribution in [0.3, 0.4) is 0 Å². The molecule has 0 aromatic heterocycles. The lowest BCUT2D eigenvalue weighted by Gasteiger charge is -2.11. The topological polar surface area (TPSA) is 69.6 Å². The van der Waals surface area contributed by atoms with Crippen molar-refractivity contribution < 1.29 is 14.7 Å². The molecule has 5 heteroatoms. The van der Waals surface area contributed by atoms with Gasteiger partial charge in [0.25, 0.3) is 0 Å². The zero-order valence-electron chi connectivity index (χ0n) is 6.04. The highest BCUT2D eigenvalue weighted by atomic mass is 16.4. The number of rotatable bonds is 3. The molecule has 2 N–H and O–H groups in total. The van der Waals surface area contributed by atoms with Crippen LogP contribution in [0.25, 0.3) is 0 Å². The number of carbonyl (C=O) groups excluding carboxylic acids is 1. The average Bonchev–Trinajstić information content (AvgIpc) is 2.31. The summed E-state index contributed by atoms with van der Waals surface area (Å²) in [6.45, 7) is 1.55. The van der Waals surface area contributed by atoms with E-state index in [4.69, 9.17) is 5.11 Å². The maximum atomic E-state index is 10.8.